The Morgan fingerprint density at radius 1 is 1.38 bits per heavy atom. The standard InChI is InChI=1S/C10H22NO4P/c1-8-6-9(10(14-8)7-12-4)15-16(13-5)11(2)3/h8-10H,6-7H2,1-5H3. The fraction of sp³-hybridized carbons (Fsp3) is 1.00. The molecule has 5 nitrogen and oxygen atoms in total. The molecule has 1 heterocycles. The minimum atomic E-state index is -0.987. The smallest absolute Gasteiger partial charge is 0.258 e. The highest BCUT2D eigenvalue weighted by Gasteiger charge is 2.36. The maximum atomic E-state index is 5.92. The maximum Gasteiger partial charge on any atom is 0.258 e. The topological polar surface area (TPSA) is 40.2 Å². The van der Waals surface area contributed by atoms with Gasteiger partial charge in [-0.15, -0.1) is 0 Å². The molecule has 0 radical (unpaired) electrons. The lowest BCUT2D eigenvalue weighted by molar-refractivity contribution is -0.0245. The molecule has 0 amide bonds. The van der Waals surface area contributed by atoms with E-state index in [-0.39, 0.29) is 18.3 Å². The van der Waals surface area contributed by atoms with Crippen molar-refractivity contribution in [3.05, 3.63) is 0 Å². The van der Waals surface area contributed by atoms with Crippen LogP contribution in [0, 0.1) is 0 Å². The second kappa shape index (κ2) is 6.84. The van der Waals surface area contributed by atoms with Crippen molar-refractivity contribution in [3.63, 3.8) is 0 Å². The first-order valence-electron chi connectivity index (χ1n) is 5.41. The van der Waals surface area contributed by atoms with Gasteiger partial charge in [-0.25, -0.2) is 4.67 Å². The molecule has 4 atom stereocenters. The number of ether oxygens (including phenoxy) is 2. The Morgan fingerprint density at radius 2 is 2.06 bits per heavy atom. The third-order valence-corrected chi connectivity index (χ3v) is 3.84. The van der Waals surface area contributed by atoms with Gasteiger partial charge in [0, 0.05) is 20.6 Å². The molecule has 1 rings (SSSR count). The van der Waals surface area contributed by atoms with E-state index in [9.17, 15) is 0 Å². The fourth-order valence-electron chi connectivity index (χ4n) is 1.76. The quantitative estimate of drug-likeness (QED) is 0.671. The third-order valence-electron chi connectivity index (χ3n) is 2.43. The lowest BCUT2D eigenvalue weighted by atomic mass is 10.1. The first-order valence-corrected chi connectivity index (χ1v) is 6.54. The zero-order chi connectivity index (χ0) is 12.1. The normalized spacial score (nSPS) is 32.2. The van der Waals surface area contributed by atoms with Crippen LogP contribution >= 0.6 is 8.53 Å². The predicted octanol–water partition coefficient (Wildman–Crippen LogP) is 1.63. The molecule has 0 aromatic rings. The van der Waals surface area contributed by atoms with Crippen molar-refractivity contribution in [2.45, 2.75) is 31.7 Å². The van der Waals surface area contributed by atoms with Gasteiger partial charge in [-0.2, -0.15) is 0 Å². The van der Waals surface area contributed by atoms with Gasteiger partial charge in [-0.3, -0.25) is 0 Å². The Balaban J connectivity index is 2.50. The van der Waals surface area contributed by atoms with E-state index in [0.717, 1.165) is 6.42 Å². The SMILES string of the molecule is COCC1OC(C)CC1OP(OC)N(C)C. The van der Waals surface area contributed by atoms with Crippen LogP contribution < -0.4 is 0 Å². The van der Waals surface area contributed by atoms with Crippen LogP contribution in [0.5, 0.6) is 0 Å². The van der Waals surface area contributed by atoms with Crippen LogP contribution in [0.2, 0.25) is 0 Å². The average Bonchev–Trinajstić information content (AvgIpc) is 2.55. The van der Waals surface area contributed by atoms with Gasteiger partial charge in [0.05, 0.1) is 18.8 Å². The van der Waals surface area contributed by atoms with Crippen molar-refractivity contribution < 1.29 is 18.5 Å². The van der Waals surface area contributed by atoms with Gasteiger partial charge in [0.2, 0.25) is 0 Å². The van der Waals surface area contributed by atoms with Crippen molar-refractivity contribution in [1.29, 1.82) is 0 Å². The molecule has 0 spiro atoms. The highest BCUT2D eigenvalue weighted by Crippen LogP contribution is 2.43. The summed E-state index contributed by atoms with van der Waals surface area (Å²) in [6, 6.07) is 0. The summed E-state index contributed by atoms with van der Waals surface area (Å²) in [6.07, 6.45) is 1.19. The molecular weight excluding hydrogens is 229 g/mol. The van der Waals surface area contributed by atoms with Gasteiger partial charge in [0.1, 0.15) is 6.10 Å². The van der Waals surface area contributed by atoms with Crippen molar-refractivity contribution in [3.8, 4) is 0 Å². The summed E-state index contributed by atoms with van der Waals surface area (Å²) in [4.78, 5) is 0. The molecule has 16 heavy (non-hydrogen) atoms. The molecule has 1 aliphatic rings. The van der Waals surface area contributed by atoms with Crippen LogP contribution in [0.25, 0.3) is 0 Å². The summed E-state index contributed by atoms with van der Waals surface area (Å²) in [7, 11) is 6.24. The van der Waals surface area contributed by atoms with Gasteiger partial charge >= 0.3 is 0 Å². The highest BCUT2D eigenvalue weighted by atomic mass is 31.2. The molecule has 0 aliphatic carbocycles. The Morgan fingerprint density at radius 3 is 2.56 bits per heavy atom. The van der Waals surface area contributed by atoms with Crippen LogP contribution in [0.1, 0.15) is 13.3 Å². The average molecular weight is 251 g/mol. The zero-order valence-electron chi connectivity index (χ0n) is 10.7. The van der Waals surface area contributed by atoms with E-state index < -0.39 is 8.53 Å². The molecule has 0 bridgehead atoms. The second-order valence-corrected chi connectivity index (χ2v) is 5.94. The summed E-state index contributed by atoms with van der Waals surface area (Å²) in [5, 5.41) is 0. The van der Waals surface area contributed by atoms with Gasteiger partial charge in [0.25, 0.3) is 8.53 Å². The van der Waals surface area contributed by atoms with Gasteiger partial charge in [-0.05, 0) is 21.0 Å². The molecule has 0 aromatic heterocycles. The summed E-state index contributed by atoms with van der Waals surface area (Å²) < 4.78 is 24.0. The number of nitrogens with zero attached hydrogens (tertiary/aromatic N) is 1. The van der Waals surface area contributed by atoms with Crippen LogP contribution in [-0.2, 0) is 18.5 Å². The van der Waals surface area contributed by atoms with Gasteiger partial charge < -0.3 is 18.5 Å². The third kappa shape index (κ3) is 3.91. The molecule has 6 heteroatoms. The van der Waals surface area contributed by atoms with Crippen molar-refractivity contribution >= 4 is 8.53 Å². The minimum absolute atomic E-state index is 0.0140. The molecule has 1 fully saturated rings. The van der Waals surface area contributed by atoms with Gasteiger partial charge in [0.15, 0.2) is 0 Å². The molecule has 1 saturated heterocycles. The van der Waals surface area contributed by atoms with Crippen LogP contribution in [0.4, 0.5) is 0 Å². The number of hydrogen-bond acceptors (Lipinski definition) is 5. The maximum absolute atomic E-state index is 5.92. The molecular formula is C10H22NO4P. The predicted molar refractivity (Wildman–Crippen MR) is 63.3 cm³/mol. The van der Waals surface area contributed by atoms with Gasteiger partial charge in [-0.1, -0.05) is 0 Å². The molecule has 4 unspecified atom stereocenters. The number of hydrogen-bond donors (Lipinski definition) is 0. The largest absolute Gasteiger partial charge is 0.382 e. The highest BCUT2D eigenvalue weighted by molar-refractivity contribution is 7.44. The lowest BCUT2D eigenvalue weighted by Crippen LogP contribution is -2.29. The van der Waals surface area contributed by atoms with E-state index in [1.165, 1.54) is 0 Å². The minimum Gasteiger partial charge on any atom is -0.382 e. The first-order chi connectivity index (χ1) is 7.58. The molecule has 0 N–H and O–H groups in total. The van der Waals surface area contributed by atoms with E-state index in [1.54, 1.807) is 14.2 Å². The van der Waals surface area contributed by atoms with E-state index in [1.807, 2.05) is 18.8 Å². The van der Waals surface area contributed by atoms with E-state index in [4.69, 9.17) is 18.5 Å². The molecule has 1 aliphatic heterocycles. The Labute approximate surface area is 99.0 Å². The summed E-state index contributed by atoms with van der Waals surface area (Å²) in [5.41, 5.74) is 0. The van der Waals surface area contributed by atoms with E-state index >= 15 is 0 Å². The summed E-state index contributed by atoms with van der Waals surface area (Å²) >= 11 is 0. The Kier molecular flexibility index (Phi) is 6.11. The van der Waals surface area contributed by atoms with Crippen LogP contribution in [-0.4, -0.2) is 57.9 Å². The number of methoxy groups -OCH3 is 1. The lowest BCUT2D eigenvalue weighted by Gasteiger charge is -2.26. The number of rotatable bonds is 6. The Hall–Kier alpha value is 0.230. The van der Waals surface area contributed by atoms with Crippen molar-refractivity contribution in [2.24, 2.45) is 0 Å². The van der Waals surface area contributed by atoms with Crippen LogP contribution in [0.15, 0.2) is 0 Å². The molecule has 96 valence electrons. The van der Waals surface area contributed by atoms with E-state index in [2.05, 4.69) is 6.92 Å². The van der Waals surface area contributed by atoms with Crippen LogP contribution in [0.3, 0.4) is 0 Å². The monoisotopic (exact) mass is 251 g/mol. The van der Waals surface area contributed by atoms with E-state index in [0.29, 0.717) is 6.61 Å². The zero-order valence-corrected chi connectivity index (χ0v) is 11.6. The summed E-state index contributed by atoms with van der Waals surface area (Å²) in [5.74, 6) is 0. The Bertz CT molecular complexity index is 205. The van der Waals surface area contributed by atoms with Crippen molar-refractivity contribution in [1.82, 2.24) is 4.67 Å². The molecule has 0 saturated carbocycles. The molecule has 0 aromatic carbocycles. The second-order valence-electron chi connectivity index (χ2n) is 4.09. The fourth-order valence-corrected chi connectivity index (χ4v) is 2.81. The first kappa shape index (κ1) is 14.3. The summed E-state index contributed by atoms with van der Waals surface area (Å²) in [6.45, 7) is 2.62. The van der Waals surface area contributed by atoms with Crippen molar-refractivity contribution in [2.75, 3.05) is 34.9 Å².